The van der Waals surface area contributed by atoms with Gasteiger partial charge in [-0.15, -0.1) is 11.8 Å². The minimum absolute atomic E-state index is 0.0550. The van der Waals surface area contributed by atoms with E-state index in [1.165, 1.54) is 18.7 Å². The van der Waals surface area contributed by atoms with Crippen LogP contribution in [-0.2, 0) is 4.79 Å². The molecule has 0 radical (unpaired) electrons. The van der Waals surface area contributed by atoms with Crippen LogP contribution in [0.1, 0.15) is 17.3 Å². The normalized spacial score (nSPS) is 16.9. The highest BCUT2D eigenvalue weighted by molar-refractivity contribution is 8.00. The third kappa shape index (κ3) is 3.50. The number of thioether (sulfide) groups is 1. The van der Waals surface area contributed by atoms with E-state index >= 15 is 0 Å². The van der Waals surface area contributed by atoms with E-state index in [4.69, 9.17) is 5.11 Å². The molecule has 0 aromatic heterocycles. The number of anilines is 1. The average Bonchev–Trinajstić information content (AvgIpc) is 2.44. The zero-order valence-corrected chi connectivity index (χ0v) is 11.8. The molecule has 4 N–H and O–H groups in total. The van der Waals surface area contributed by atoms with E-state index in [0.29, 0.717) is 17.0 Å². The van der Waals surface area contributed by atoms with Crippen LogP contribution in [0.15, 0.2) is 23.1 Å². The number of aliphatic hydroxyl groups is 2. The molecule has 0 fully saturated rings. The number of benzene rings is 1. The quantitative estimate of drug-likeness (QED) is 0.636. The lowest BCUT2D eigenvalue weighted by atomic mass is 10.1. The lowest BCUT2D eigenvalue weighted by Gasteiger charge is -2.21. The van der Waals surface area contributed by atoms with Crippen LogP contribution in [0.3, 0.4) is 0 Å². The lowest BCUT2D eigenvalue weighted by Crippen LogP contribution is -2.43. The van der Waals surface area contributed by atoms with Gasteiger partial charge in [-0.2, -0.15) is 0 Å². The summed E-state index contributed by atoms with van der Waals surface area (Å²) in [5.74, 6) is -0.0904. The molecule has 1 aliphatic rings. The van der Waals surface area contributed by atoms with Crippen molar-refractivity contribution in [1.29, 1.82) is 0 Å². The Kier molecular flexibility index (Phi) is 4.32. The lowest BCUT2D eigenvalue weighted by molar-refractivity contribution is -0.113. The molecule has 0 saturated carbocycles. The summed E-state index contributed by atoms with van der Waals surface area (Å²) >= 11 is 1.42. The van der Waals surface area contributed by atoms with Gasteiger partial charge in [0.1, 0.15) is 5.60 Å². The Hall–Kier alpha value is -1.57. The number of fused-ring (bicyclic) bond motifs is 1. The van der Waals surface area contributed by atoms with E-state index in [2.05, 4.69) is 10.6 Å². The number of hydrogen-bond acceptors (Lipinski definition) is 5. The molecule has 1 aromatic rings. The Morgan fingerprint density at radius 1 is 1.55 bits per heavy atom. The van der Waals surface area contributed by atoms with Crippen LogP contribution in [0.5, 0.6) is 0 Å². The van der Waals surface area contributed by atoms with Gasteiger partial charge in [0.05, 0.1) is 18.0 Å². The SMILES string of the molecule is CC(O)(CO)CNC(=O)c1ccc2c(c1)NC(=O)CS2. The molecule has 2 amide bonds. The number of carbonyl (C=O) groups is 2. The molecular weight excluding hydrogens is 280 g/mol. The zero-order chi connectivity index (χ0) is 14.8. The van der Waals surface area contributed by atoms with Crippen LogP contribution >= 0.6 is 11.8 Å². The number of hydrogen-bond donors (Lipinski definition) is 4. The van der Waals surface area contributed by atoms with Gasteiger partial charge in [0, 0.05) is 17.0 Å². The minimum Gasteiger partial charge on any atom is -0.393 e. The maximum absolute atomic E-state index is 12.0. The van der Waals surface area contributed by atoms with Gasteiger partial charge >= 0.3 is 0 Å². The van der Waals surface area contributed by atoms with E-state index in [1.54, 1.807) is 18.2 Å². The molecule has 1 heterocycles. The van der Waals surface area contributed by atoms with Crippen LogP contribution in [0.4, 0.5) is 5.69 Å². The van der Waals surface area contributed by atoms with Crippen molar-refractivity contribution < 1.29 is 19.8 Å². The maximum Gasteiger partial charge on any atom is 0.251 e. The first kappa shape index (κ1) is 14.8. The fourth-order valence-corrected chi connectivity index (χ4v) is 2.44. The number of rotatable bonds is 4. The van der Waals surface area contributed by atoms with Gasteiger partial charge in [-0.25, -0.2) is 0 Å². The summed E-state index contributed by atoms with van der Waals surface area (Å²) in [5.41, 5.74) is -0.346. The first-order chi connectivity index (χ1) is 9.41. The van der Waals surface area contributed by atoms with E-state index in [9.17, 15) is 14.7 Å². The van der Waals surface area contributed by atoms with Crippen LogP contribution < -0.4 is 10.6 Å². The van der Waals surface area contributed by atoms with Gasteiger partial charge in [-0.1, -0.05) is 0 Å². The molecule has 2 rings (SSSR count). The summed E-state index contributed by atoms with van der Waals surface area (Å²) in [6.45, 7) is 0.932. The number of carbonyl (C=O) groups excluding carboxylic acids is 2. The molecule has 0 spiro atoms. The number of amides is 2. The maximum atomic E-state index is 12.0. The first-order valence-corrected chi connectivity index (χ1v) is 7.08. The van der Waals surface area contributed by atoms with Crippen LogP contribution in [-0.4, -0.2) is 46.5 Å². The smallest absolute Gasteiger partial charge is 0.251 e. The summed E-state index contributed by atoms with van der Waals surface area (Å²) in [5, 5.41) is 23.8. The predicted octanol–water partition coefficient (Wildman–Crippen LogP) is 0.204. The van der Waals surface area contributed by atoms with Crippen LogP contribution in [0.25, 0.3) is 0 Å². The molecule has 1 unspecified atom stereocenters. The summed E-state index contributed by atoms with van der Waals surface area (Å²) in [7, 11) is 0. The van der Waals surface area contributed by atoms with Crippen LogP contribution in [0.2, 0.25) is 0 Å². The van der Waals surface area contributed by atoms with E-state index in [-0.39, 0.29) is 18.4 Å². The van der Waals surface area contributed by atoms with Gasteiger partial charge in [-0.05, 0) is 25.1 Å². The molecule has 1 aliphatic heterocycles. The summed E-state index contributed by atoms with van der Waals surface area (Å²) in [4.78, 5) is 24.2. The van der Waals surface area contributed by atoms with Crippen molar-refractivity contribution in [3.8, 4) is 0 Å². The minimum atomic E-state index is -1.35. The number of nitrogens with one attached hydrogen (secondary N) is 2. The Morgan fingerprint density at radius 2 is 2.30 bits per heavy atom. The fourth-order valence-electron chi connectivity index (χ4n) is 1.65. The standard InChI is InChI=1S/C13H16N2O4S/c1-13(19,7-16)6-14-12(18)8-2-3-10-9(4-8)15-11(17)5-20-10/h2-4,16,19H,5-7H2,1H3,(H,14,18)(H,15,17). The van der Waals surface area contributed by atoms with Gasteiger partial charge in [0.25, 0.3) is 5.91 Å². The molecule has 108 valence electrons. The Bertz CT molecular complexity index is 545. The van der Waals surface area contributed by atoms with E-state index < -0.39 is 12.2 Å². The summed E-state index contributed by atoms with van der Waals surface area (Å²) in [6, 6.07) is 5.03. The summed E-state index contributed by atoms with van der Waals surface area (Å²) < 4.78 is 0. The molecule has 7 heteroatoms. The Balaban J connectivity index is 2.08. The van der Waals surface area contributed by atoms with Crippen LogP contribution in [0, 0.1) is 0 Å². The Labute approximate surface area is 120 Å². The number of aliphatic hydroxyl groups excluding tert-OH is 1. The highest BCUT2D eigenvalue weighted by atomic mass is 32.2. The van der Waals surface area contributed by atoms with Crippen molar-refractivity contribution in [3.05, 3.63) is 23.8 Å². The average molecular weight is 296 g/mol. The third-order valence-corrected chi connectivity index (χ3v) is 3.92. The molecular formula is C13H16N2O4S. The molecule has 1 aromatic carbocycles. The largest absolute Gasteiger partial charge is 0.393 e. The van der Waals surface area contributed by atoms with Crippen molar-refractivity contribution >= 4 is 29.3 Å². The van der Waals surface area contributed by atoms with Gasteiger partial charge in [-0.3, -0.25) is 9.59 Å². The molecule has 1 atom stereocenters. The molecule has 0 aliphatic carbocycles. The van der Waals surface area contributed by atoms with Gasteiger partial charge < -0.3 is 20.8 Å². The van der Waals surface area contributed by atoms with Crippen molar-refractivity contribution in [1.82, 2.24) is 5.32 Å². The zero-order valence-electron chi connectivity index (χ0n) is 11.0. The second kappa shape index (κ2) is 5.82. The first-order valence-electron chi connectivity index (χ1n) is 6.09. The molecule has 6 nitrogen and oxygen atoms in total. The van der Waals surface area contributed by atoms with Crippen molar-refractivity contribution in [2.45, 2.75) is 17.4 Å². The van der Waals surface area contributed by atoms with E-state index in [1.807, 2.05) is 0 Å². The fraction of sp³-hybridized carbons (Fsp3) is 0.385. The van der Waals surface area contributed by atoms with Gasteiger partial charge in [0.2, 0.25) is 5.91 Å². The highest BCUT2D eigenvalue weighted by Crippen LogP contribution is 2.31. The molecule has 20 heavy (non-hydrogen) atoms. The summed E-state index contributed by atoms with van der Waals surface area (Å²) in [6.07, 6.45) is 0. The second-order valence-corrected chi connectivity index (χ2v) is 5.90. The monoisotopic (exact) mass is 296 g/mol. The van der Waals surface area contributed by atoms with Crippen molar-refractivity contribution in [2.24, 2.45) is 0 Å². The predicted molar refractivity (Wildman–Crippen MR) is 75.8 cm³/mol. The second-order valence-electron chi connectivity index (χ2n) is 4.89. The highest BCUT2D eigenvalue weighted by Gasteiger charge is 2.21. The van der Waals surface area contributed by atoms with Crippen molar-refractivity contribution in [2.75, 3.05) is 24.2 Å². The molecule has 0 saturated heterocycles. The van der Waals surface area contributed by atoms with Gasteiger partial charge in [0.15, 0.2) is 0 Å². The third-order valence-electron chi connectivity index (χ3n) is 2.85. The van der Waals surface area contributed by atoms with E-state index in [0.717, 1.165) is 4.90 Å². The topological polar surface area (TPSA) is 98.7 Å². The van der Waals surface area contributed by atoms with Crippen molar-refractivity contribution in [3.63, 3.8) is 0 Å². The molecule has 0 bridgehead atoms. The Morgan fingerprint density at radius 3 is 3.00 bits per heavy atom.